The first-order valence-corrected chi connectivity index (χ1v) is 12.7. The van der Waals surface area contributed by atoms with Gasteiger partial charge in [-0.05, 0) is 61.5 Å². The molecule has 0 saturated carbocycles. The standard InChI is InChI=1S/C23H20ClN3O4S2/c1-2-26-20-13-10-17(14-21(20)32-23(26)29)25-22(28)15-27(18-11-8-16(24)9-12-18)33(30,31)19-6-4-3-5-7-19/h3-14H,2,15H2,1H3,(H,25,28). The highest BCUT2D eigenvalue weighted by Crippen LogP contribution is 2.26. The third-order valence-corrected chi connectivity index (χ3v) is 7.98. The van der Waals surface area contributed by atoms with E-state index in [1.807, 2.05) is 6.92 Å². The van der Waals surface area contributed by atoms with Crippen LogP contribution in [0.25, 0.3) is 10.2 Å². The number of rotatable bonds is 7. The number of carbonyl (C=O) groups is 1. The molecule has 0 unspecified atom stereocenters. The molecule has 10 heteroatoms. The monoisotopic (exact) mass is 501 g/mol. The smallest absolute Gasteiger partial charge is 0.308 e. The zero-order valence-corrected chi connectivity index (χ0v) is 20.0. The van der Waals surface area contributed by atoms with Crippen LogP contribution in [0.1, 0.15) is 6.92 Å². The van der Waals surface area contributed by atoms with Gasteiger partial charge in [0.15, 0.2) is 0 Å². The number of thiazole rings is 1. The average molecular weight is 502 g/mol. The number of benzene rings is 3. The average Bonchev–Trinajstić information content (AvgIpc) is 3.12. The molecule has 3 aromatic carbocycles. The summed E-state index contributed by atoms with van der Waals surface area (Å²) in [6, 6.07) is 19.3. The minimum Gasteiger partial charge on any atom is -0.324 e. The van der Waals surface area contributed by atoms with E-state index in [-0.39, 0.29) is 9.77 Å². The van der Waals surface area contributed by atoms with Crippen LogP contribution in [0.15, 0.2) is 82.5 Å². The molecule has 33 heavy (non-hydrogen) atoms. The van der Waals surface area contributed by atoms with Crippen LogP contribution in [0.3, 0.4) is 0 Å². The molecule has 1 amide bonds. The van der Waals surface area contributed by atoms with Gasteiger partial charge in [-0.2, -0.15) is 0 Å². The number of nitrogens with zero attached hydrogens (tertiary/aromatic N) is 2. The first kappa shape index (κ1) is 23.0. The summed E-state index contributed by atoms with van der Waals surface area (Å²) in [5.41, 5.74) is 1.58. The molecule has 170 valence electrons. The van der Waals surface area contributed by atoms with Crippen molar-refractivity contribution >= 4 is 60.5 Å². The van der Waals surface area contributed by atoms with E-state index in [0.29, 0.717) is 22.9 Å². The fourth-order valence-corrected chi connectivity index (χ4v) is 5.98. The maximum Gasteiger partial charge on any atom is 0.308 e. The molecule has 4 aromatic rings. The zero-order valence-electron chi connectivity index (χ0n) is 17.6. The predicted molar refractivity (Wildman–Crippen MR) is 133 cm³/mol. The van der Waals surface area contributed by atoms with Crippen molar-refractivity contribution in [1.29, 1.82) is 0 Å². The summed E-state index contributed by atoms with van der Waals surface area (Å²) in [5.74, 6) is -0.522. The van der Waals surface area contributed by atoms with Crippen LogP contribution in [0.5, 0.6) is 0 Å². The van der Waals surface area contributed by atoms with E-state index >= 15 is 0 Å². The Morgan fingerprint density at radius 3 is 2.42 bits per heavy atom. The Morgan fingerprint density at radius 2 is 1.76 bits per heavy atom. The van der Waals surface area contributed by atoms with Gasteiger partial charge >= 0.3 is 4.87 Å². The lowest BCUT2D eigenvalue weighted by Crippen LogP contribution is -2.38. The normalized spacial score (nSPS) is 11.5. The van der Waals surface area contributed by atoms with E-state index in [9.17, 15) is 18.0 Å². The topological polar surface area (TPSA) is 88.5 Å². The van der Waals surface area contributed by atoms with Gasteiger partial charge in [-0.25, -0.2) is 8.42 Å². The number of aromatic nitrogens is 1. The summed E-state index contributed by atoms with van der Waals surface area (Å²) in [6.45, 7) is 2.00. The van der Waals surface area contributed by atoms with Gasteiger partial charge in [-0.15, -0.1) is 0 Å². The van der Waals surface area contributed by atoms with Gasteiger partial charge in [0.05, 0.1) is 20.8 Å². The third kappa shape index (κ3) is 4.80. The number of anilines is 2. The molecular weight excluding hydrogens is 482 g/mol. The minimum absolute atomic E-state index is 0.0693. The molecule has 0 fully saturated rings. The largest absolute Gasteiger partial charge is 0.324 e. The van der Waals surface area contributed by atoms with Gasteiger partial charge in [0.25, 0.3) is 10.0 Å². The zero-order chi connectivity index (χ0) is 23.6. The minimum atomic E-state index is -4.01. The third-order valence-electron chi connectivity index (χ3n) is 5.00. The molecular formula is C23H20ClN3O4S2. The van der Waals surface area contributed by atoms with Crippen LogP contribution in [0.4, 0.5) is 11.4 Å². The van der Waals surface area contributed by atoms with Gasteiger partial charge in [0.2, 0.25) is 5.91 Å². The van der Waals surface area contributed by atoms with E-state index in [1.54, 1.807) is 65.2 Å². The Labute approximate surface area is 199 Å². The van der Waals surface area contributed by atoms with Crippen LogP contribution in [-0.4, -0.2) is 25.4 Å². The molecule has 0 aliphatic carbocycles. The van der Waals surface area contributed by atoms with E-state index in [0.717, 1.165) is 25.9 Å². The highest BCUT2D eigenvalue weighted by Gasteiger charge is 2.27. The Balaban J connectivity index is 1.63. The number of fused-ring (bicyclic) bond motifs is 1. The first-order valence-electron chi connectivity index (χ1n) is 10.1. The van der Waals surface area contributed by atoms with E-state index in [1.165, 1.54) is 12.1 Å². The Bertz CT molecular complexity index is 1460. The number of aryl methyl sites for hydroxylation is 1. The van der Waals surface area contributed by atoms with Crippen LogP contribution in [0.2, 0.25) is 5.02 Å². The van der Waals surface area contributed by atoms with Crippen molar-refractivity contribution in [2.75, 3.05) is 16.2 Å². The van der Waals surface area contributed by atoms with Crippen molar-refractivity contribution in [2.45, 2.75) is 18.4 Å². The molecule has 0 aliphatic rings. The molecule has 0 radical (unpaired) electrons. The van der Waals surface area contributed by atoms with Gasteiger partial charge in [-0.1, -0.05) is 41.1 Å². The summed E-state index contributed by atoms with van der Waals surface area (Å²) in [5, 5.41) is 3.19. The van der Waals surface area contributed by atoms with Crippen molar-refractivity contribution in [3.05, 3.63) is 87.5 Å². The highest BCUT2D eigenvalue weighted by molar-refractivity contribution is 7.92. The Kier molecular flexibility index (Phi) is 6.55. The molecule has 0 atom stereocenters. The molecule has 7 nitrogen and oxygen atoms in total. The van der Waals surface area contributed by atoms with Gasteiger partial charge in [0.1, 0.15) is 6.54 Å². The second kappa shape index (κ2) is 9.38. The second-order valence-corrected chi connectivity index (χ2v) is 10.4. The number of hydrogen-bond acceptors (Lipinski definition) is 5. The maximum absolute atomic E-state index is 13.3. The predicted octanol–water partition coefficient (Wildman–Crippen LogP) is 4.57. The highest BCUT2D eigenvalue weighted by atomic mass is 35.5. The summed E-state index contributed by atoms with van der Waals surface area (Å²) >= 11 is 7.06. The van der Waals surface area contributed by atoms with Crippen molar-refractivity contribution in [1.82, 2.24) is 4.57 Å². The fraction of sp³-hybridized carbons (Fsp3) is 0.130. The van der Waals surface area contributed by atoms with Crippen molar-refractivity contribution in [2.24, 2.45) is 0 Å². The number of nitrogens with one attached hydrogen (secondary N) is 1. The lowest BCUT2D eigenvalue weighted by molar-refractivity contribution is -0.114. The number of sulfonamides is 1. The van der Waals surface area contributed by atoms with E-state index < -0.39 is 22.5 Å². The first-order chi connectivity index (χ1) is 15.8. The molecule has 0 spiro atoms. The molecule has 0 aliphatic heterocycles. The van der Waals surface area contributed by atoms with Crippen LogP contribution >= 0.6 is 22.9 Å². The van der Waals surface area contributed by atoms with Gasteiger partial charge in [-0.3, -0.25) is 18.5 Å². The van der Waals surface area contributed by atoms with Crippen molar-refractivity contribution in [3.8, 4) is 0 Å². The Morgan fingerprint density at radius 1 is 1.06 bits per heavy atom. The summed E-state index contributed by atoms with van der Waals surface area (Å²) in [6.07, 6.45) is 0. The second-order valence-electron chi connectivity index (χ2n) is 7.14. The number of halogens is 1. The molecule has 1 N–H and O–H groups in total. The number of carbonyl (C=O) groups excluding carboxylic acids is 1. The lowest BCUT2D eigenvalue weighted by Gasteiger charge is -2.24. The summed E-state index contributed by atoms with van der Waals surface area (Å²) in [7, 11) is -4.01. The lowest BCUT2D eigenvalue weighted by atomic mass is 10.3. The Hall–Kier alpha value is -3.14. The number of amides is 1. The van der Waals surface area contributed by atoms with Crippen LogP contribution < -0.4 is 14.5 Å². The van der Waals surface area contributed by atoms with Crippen LogP contribution in [0, 0.1) is 0 Å². The maximum atomic E-state index is 13.3. The van der Waals surface area contributed by atoms with Gasteiger partial charge in [0, 0.05) is 17.3 Å². The SMILES string of the molecule is CCn1c(=O)sc2cc(NC(=O)CN(c3ccc(Cl)cc3)S(=O)(=O)c3ccccc3)ccc21. The summed E-state index contributed by atoms with van der Waals surface area (Å²) < 4.78 is 30.1. The molecule has 0 bridgehead atoms. The van der Waals surface area contributed by atoms with Crippen molar-refractivity contribution in [3.63, 3.8) is 0 Å². The van der Waals surface area contributed by atoms with Crippen LogP contribution in [-0.2, 0) is 21.4 Å². The molecule has 4 rings (SSSR count). The molecule has 1 aromatic heterocycles. The van der Waals surface area contributed by atoms with Crippen molar-refractivity contribution < 1.29 is 13.2 Å². The fourth-order valence-electron chi connectivity index (χ4n) is 3.42. The molecule has 0 saturated heterocycles. The van der Waals surface area contributed by atoms with Gasteiger partial charge < -0.3 is 5.32 Å². The summed E-state index contributed by atoms with van der Waals surface area (Å²) in [4.78, 5) is 25.0. The quantitative estimate of drug-likeness (QED) is 0.401. The van der Waals surface area contributed by atoms with E-state index in [4.69, 9.17) is 11.6 Å². The molecule has 1 heterocycles. The van der Waals surface area contributed by atoms with E-state index in [2.05, 4.69) is 5.32 Å². The number of hydrogen-bond donors (Lipinski definition) is 1.